The maximum Gasteiger partial charge on any atom is 0.258 e. The molecule has 2 atom stereocenters. The van der Waals surface area contributed by atoms with Crippen molar-refractivity contribution in [1.29, 1.82) is 0 Å². The zero-order valence-corrected chi connectivity index (χ0v) is 8.13. The highest BCUT2D eigenvalue weighted by atomic mass is 16.6. The van der Waals surface area contributed by atoms with Crippen LogP contribution < -0.4 is 5.73 Å². The van der Waals surface area contributed by atoms with Crippen molar-refractivity contribution in [2.75, 3.05) is 0 Å². The topological polar surface area (TPSA) is 86.2 Å². The average molecular weight is 208 g/mol. The minimum absolute atomic E-state index is 0.0498. The van der Waals surface area contributed by atoms with Gasteiger partial charge in [-0.15, -0.1) is 0 Å². The van der Waals surface area contributed by atoms with Crippen LogP contribution in [0.4, 0.5) is 0 Å². The van der Waals surface area contributed by atoms with E-state index in [0.717, 1.165) is 12.8 Å². The SMILES string of the molecule is NC(=O)C1C=CC=CC1(C1CC1)[N+](=O)[O-]. The van der Waals surface area contributed by atoms with Gasteiger partial charge in [0, 0.05) is 10.8 Å². The predicted octanol–water partition coefficient (Wildman–Crippen LogP) is 0.639. The summed E-state index contributed by atoms with van der Waals surface area (Å²) in [6.07, 6.45) is 7.90. The lowest BCUT2D eigenvalue weighted by atomic mass is 9.77. The molecule has 15 heavy (non-hydrogen) atoms. The monoisotopic (exact) mass is 208 g/mol. The number of allylic oxidation sites excluding steroid dienone is 2. The molecule has 1 fully saturated rings. The molecule has 2 unspecified atom stereocenters. The first-order valence-corrected chi connectivity index (χ1v) is 4.89. The molecule has 0 radical (unpaired) electrons. The van der Waals surface area contributed by atoms with Crippen molar-refractivity contribution in [3.05, 3.63) is 34.4 Å². The lowest BCUT2D eigenvalue weighted by Crippen LogP contribution is -2.51. The number of rotatable bonds is 3. The van der Waals surface area contributed by atoms with Crippen LogP contribution in [-0.4, -0.2) is 16.4 Å². The van der Waals surface area contributed by atoms with Gasteiger partial charge in [0.1, 0.15) is 5.92 Å². The molecule has 0 heterocycles. The number of carbonyl (C=O) groups is 1. The maximum absolute atomic E-state index is 11.2. The van der Waals surface area contributed by atoms with E-state index >= 15 is 0 Å². The van der Waals surface area contributed by atoms with E-state index in [1.807, 2.05) is 0 Å². The summed E-state index contributed by atoms with van der Waals surface area (Å²) < 4.78 is 0. The van der Waals surface area contributed by atoms with Gasteiger partial charge in [0.15, 0.2) is 0 Å². The normalized spacial score (nSPS) is 34.0. The van der Waals surface area contributed by atoms with Crippen molar-refractivity contribution in [2.45, 2.75) is 18.4 Å². The predicted molar refractivity (Wildman–Crippen MR) is 53.4 cm³/mol. The van der Waals surface area contributed by atoms with Gasteiger partial charge in [0.05, 0.1) is 0 Å². The van der Waals surface area contributed by atoms with E-state index in [0.29, 0.717) is 0 Å². The van der Waals surface area contributed by atoms with E-state index in [2.05, 4.69) is 0 Å². The van der Waals surface area contributed by atoms with Gasteiger partial charge < -0.3 is 5.73 Å². The Kier molecular flexibility index (Phi) is 2.10. The van der Waals surface area contributed by atoms with Gasteiger partial charge in [0.25, 0.3) is 5.54 Å². The zero-order valence-electron chi connectivity index (χ0n) is 8.13. The molecule has 2 aliphatic rings. The lowest BCUT2D eigenvalue weighted by molar-refractivity contribution is -0.565. The van der Waals surface area contributed by atoms with Gasteiger partial charge in [-0.25, -0.2) is 0 Å². The molecule has 5 heteroatoms. The summed E-state index contributed by atoms with van der Waals surface area (Å²) in [6.45, 7) is 0. The van der Waals surface area contributed by atoms with Crippen LogP contribution in [0.3, 0.4) is 0 Å². The molecular weight excluding hydrogens is 196 g/mol. The van der Waals surface area contributed by atoms with E-state index in [4.69, 9.17) is 5.73 Å². The van der Waals surface area contributed by atoms with Crippen molar-refractivity contribution in [3.8, 4) is 0 Å². The highest BCUT2D eigenvalue weighted by Gasteiger charge is 2.60. The van der Waals surface area contributed by atoms with Crippen LogP contribution in [0.25, 0.3) is 0 Å². The third-order valence-electron chi connectivity index (χ3n) is 3.13. The van der Waals surface area contributed by atoms with Gasteiger partial charge in [0.2, 0.25) is 5.91 Å². The first-order chi connectivity index (χ1) is 7.09. The van der Waals surface area contributed by atoms with E-state index < -0.39 is 17.4 Å². The number of nitrogens with two attached hydrogens (primary N) is 1. The summed E-state index contributed by atoms with van der Waals surface area (Å²) in [4.78, 5) is 22.1. The molecule has 0 bridgehead atoms. The maximum atomic E-state index is 11.2. The Balaban J connectivity index is 2.43. The molecule has 0 spiro atoms. The summed E-state index contributed by atoms with van der Waals surface area (Å²) in [5, 5.41) is 11.2. The minimum Gasteiger partial charge on any atom is -0.369 e. The largest absolute Gasteiger partial charge is 0.369 e. The number of hydrogen-bond donors (Lipinski definition) is 1. The van der Waals surface area contributed by atoms with Gasteiger partial charge in [-0.3, -0.25) is 14.9 Å². The zero-order chi connectivity index (χ0) is 11.1. The molecule has 1 saturated carbocycles. The molecule has 0 aromatic carbocycles. The van der Waals surface area contributed by atoms with Crippen LogP contribution >= 0.6 is 0 Å². The van der Waals surface area contributed by atoms with Gasteiger partial charge in [-0.1, -0.05) is 18.2 Å². The van der Waals surface area contributed by atoms with Crippen LogP contribution in [0.5, 0.6) is 0 Å². The number of carbonyl (C=O) groups excluding carboxylic acids is 1. The van der Waals surface area contributed by atoms with Gasteiger partial charge in [-0.05, 0) is 18.9 Å². The minimum atomic E-state index is -1.29. The second-order valence-corrected chi connectivity index (χ2v) is 4.04. The Bertz CT molecular complexity index is 371. The fourth-order valence-electron chi connectivity index (χ4n) is 2.22. The summed E-state index contributed by atoms with van der Waals surface area (Å²) >= 11 is 0. The van der Waals surface area contributed by atoms with Crippen molar-refractivity contribution in [3.63, 3.8) is 0 Å². The number of primary amides is 1. The quantitative estimate of drug-likeness (QED) is 0.545. The number of nitro groups is 1. The number of amides is 1. The molecule has 2 rings (SSSR count). The van der Waals surface area contributed by atoms with Crippen LogP contribution in [0.1, 0.15) is 12.8 Å². The summed E-state index contributed by atoms with van der Waals surface area (Å²) in [6, 6.07) is 0. The molecular formula is C10H12N2O3. The molecule has 2 N–H and O–H groups in total. The lowest BCUT2D eigenvalue weighted by Gasteiger charge is -2.28. The summed E-state index contributed by atoms with van der Waals surface area (Å²) in [5.74, 6) is -1.49. The van der Waals surface area contributed by atoms with E-state index in [1.165, 1.54) is 12.2 Å². The molecule has 0 saturated heterocycles. The third-order valence-corrected chi connectivity index (χ3v) is 3.13. The second kappa shape index (κ2) is 3.18. The van der Waals surface area contributed by atoms with Crippen molar-refractivity contribution in [2.24, 2.45) is 17.6 Å². The number of nitrogens with zero attached hydrogens (tertiary/aromatic N) is 1. The fraction of sp³-hybridized carbons (Fsp3) is 0.500. The van der Waals surface area contributed by atoms with Gasteiger partial charge in [-0.2, -0.15) is 0 Å². The van der Waals surface area contributed by atoms with E-state index in [-0.39, 0.29) is 10.8 Å². The van der Waals surface area contributed by atoms with Crippen LogP contribution in [-0.2, 0) is 4.79 Å². The molecule has 2 aliphatic carbocycles. The second-order valence-electron chi connectivity index (χ2n) is 4.04. The highest BCUT2D eigenvalue weighted by molar-refractivity contribution is 5.81. The highest BCUT2D eigenvalue weighted by Crippen LogP contribution is 2.48. The van der Waals surface area contributed by atoms with E-state index in [1.54, 1.807) is 12.2 Å². The summed E-state index contributed by atoms with van der Waals surface area (Å²) in [7, 11) is 0. The standard InChI is InChI=1S/C10H12N2O3/c11-9(13)8-3-1-2-6-10(8,12(14)15)7-4-5-7/h1-3,6-8H,4-5H2,(H2,11,13). The fourth-order valence-corrected chi connectivity index (χ4v) is 2.22. The molecule has 0 aliphatic heterocycles. The summed E-state index contributed by atoms with van der Waals surface area (Å²) in [5.41, 5.74) is 3.93. The first-order valence-electron chi connectivity index (χ1n) is 4.89. The van der Waals surface area contributed by atoms with Crippen molar-refractivity contribution >= 4 is 5.91 Å². The Labute approximate surface area is 86.8 Å². The molecule has 5 nitrogen and oxygen atoms in total. The molecule has 0 aromatic rings. The van der Waals surface area contributed by atoms with Crippen LogP contribution in [0.15, 0.2) is 24.3 Å². The molecule has 80 valence electrons. The Morgan fingerprint density at radius 2 is 2.13 bits per heavy atom. The van der Waals surface area contributed by atoms with Crippen LogP contribution in [0.2, 0.25) is 0 Å². The molecule has 0 aromatic heterocycles. The van der Waals surface area contributed by atoms with Crippen LogP contribution in [0, 0.1) is 22.0 Å². The smallest absolute Gasteiger partial charge is 0.258 e. The Morgan fingerprint density at radius 1 is 1.47 bits per heavy atom. The molecule has 1 amide bonds. The average Bonchev–Trinajstić information content (AvgIpc) is 3.00. The van der Waals surface area contributed by atoms with Crippen molar-refractivity contribution < 1.29 is 9.72 Å². The van der Waals surface area contributed by atoms with Gasteiger partial charge >= 0.3 is 0 Å². The Morgan fingerprint density at radius 3 is 2.60 bits per heavy atom. The van der Waals surface area contributed by atoms with E-state index in [9.17, 15) is 14.9 Å². The first kappa shape index (κ1) is 9.89. The Hall–Kier alpha value is -1.65. The third kappa shape index (κ3) is 1.35. The number of hydrogen-bond acceptors (Lipinski definition) is 3. The van der Waals surface area contributed by atoms with Crippen molar-refractivity contribution in [1.82, 2.24) is 0 Å².